The van der Waals surface area contributed by atoms with Crippen LogP contribution in [-0.2, 0) is 26.0 Å². The van der Waals surface area contributed by atoms with E-state index in [1.807, 2.05) is 19.1 Å². The van der Waals surface area contributed by atoms with E-state index in [9.17, 15) is 18.0 Å². The highest BCUT2D eigenvalue weighted by Crippen LogP contribution is 2.38. The molecule has 42 heavy (non-hydrogen) atoms. The first-order valence-corrected chi connectivity index (χ1v) is 15.9. The largest absolute Gasteiger partial charge is 0.426 e. The zero-order chi connectivity index (χ0) is 29.9. The molecule has 0 bridgehead atoms. The van der Waals surface area contributed by atoms with Gasteiger partial charge < -0.3 is 20.1 Å². The van der Waals surface area contributed by atoms with Crippen LogP contribution in [0.2, 0.25) is 0 Å². The molecule has 2 unspecified atom stereocenters. The van der Waals surface area contributed by atoms with Gasteiger partial charge in [0.25, 0.3) is 10.0 Å². The van der Waals surface area contributed by atoms with Crippen molar-refractivity contribution in [3.8, 4) is 5.75 Å². The molecule has 0 aromatic heterocycles. The van der Waals surface area contributed by atoms with Crippen molar-refractivity contribution in [3.05, 3.63) is 83.4 Å². The molecule has 3 aromatic rings. The molecule has 1 amide bonds. The molecular weight excluding hydrogens is 554 g/mol. The Labute approximate surface area is 247 Å². The number of sulfonamides is 1. The Bertz CT molecular complexity index is 1550. The fourth-order valence-corrected chi connectivity index (χ4v) is 7.51. The molecule has 0 aliphatic carbocycles. The second-order valence-electron chi connectivity index (χ2n) is 10.8. The number of nitrogens with zero attached hydrogens (tertiary/aromatic N) is 2. The van der Waals surface area contributed by atoms with Crippen LogP contribution in [0.15, 0.2) is 71.6 Å². The summed E-state index contributed by atoms with van der Waals surface area (Å²) in [6.45, 7) is 5.50. The van der Waals surface area contributed by atoms with Crippen molar-refractivity contribution >= 4 is 33.3 Å². The molecule has 10 heteroatoms. The lowest BCUT2D eigenvalue weighted by Crippen LogP contribution is -2.48. The molecule has 0 spiro atoms. The molecule has 1 saturated heterocycles. The van der Waals surface area contributed by atoms with Crippen molar-refractivity contribution in [2.24, 2.45) is 0 Å². The van der Waals surface area contributed by atoms with E-state index in [4.69, 9.17) is 9.84 Å². The molecule has 0 radical (unpaired) electrons. The second kappa shape index (κ2) is 12.5. The minimum atomic E-state index is -4.15. The Morgan fingerprint density at radius 3 is 2.43 bits per heavy atom. The number of carbonyl (C=O) groups is 2. The summed E-state index contributed by atoms with van der Waals surface area (Å²) in [5.41, 5.74) is 3.70. The molecule has 222 valence electrons. The Kier molecular flexibility index (Phi) is 8.84. The number of aliphatic hydroxyl groups is 1. The number of rotatable bonds is 10. The van der Waals surface area contributed by atoms with Gasteiger partial charge in [0, 0.05) is 31.7 Å². The first-order valence-electron chi connectivity index (χ1n) is 14.4. The molecule has 0 saturated carbocycles. The molecule has 2 N–H and O–H groups in total. The van der Waals surface area contributed by atoms with Gasteiger partial charge in [-0.3, -0.25) is 13.9 Å². The minimum absolute atomic E-state index is 0.0130. The van der Waals surface area contributed by atoms with E-state index in [0.29, 0.717) is 17.7 Å². The Morgan fingerprint density at radius 2 is 1.76 bits per heavy atom. The van der Waals surface area contributed by atoms with E-state index < -0.39 is 33.9 Å². The maximum Gasteiger partial charge on any atom is 0.318 e. The zero-order valence-electron chi connectivity index (χ0n) is 24.0. The highest BCUT2D eigenvalue weighted by Gasteiger charge is 2.42. The van der Waals surface area contributed by atoms with Gasteiger partial charge in [0.05, 0.1) is 23.1 Å². The molecule has 2 heterocycles. The maximum absolute atomic E-state index is 13.9. The van der Waals surface area contributed by atoms with Crippen molar-refractivity contribution in [2.75, 3.05) is 35.4 Å². The number of para-hydroxylation sites is 1. The van der Waals surface area contributed by atoms with Crippen LogP contribution >= 0.6 is 0 Å². The number of anilines is 2. The number of nitrogens with one attached hydrogen (secondary N) is 1. The summed E-state index contributed by atoms with van der Waals surface area (Å²) >= 11 is 0. The number of amides is 1. The number of esters is 1. The summed E-state index contributed by atoms with van der Waals surface area (Å²) in [5, 5.41) is 11.7. The monoisotopic (exact) mass is 591 g/mol. The van der Waals surface area contributed by atoms with Crippen LogP contribution < -0.4 is 19.3 Å². The lowest BCUT2D eigenvalue weighted by Gasteiger charge is -2.26. The average Bonchev–Trinajstić information content (AvgIpc) is 3.67. The Morgan fingerprint density at radius 1 is 1.05 bits per heavy atom. The van der Waals surface area contributed by atoms with E-state index in [2.05, 4.69) is 22.3 Å². The molecule has 2 atom stereocenters. The van der Waals surface area contributed by atoms with Gasteiger partial charge in [-0.05, 0) is 79.3 Å². The standard InChI is InChI=1S/C32H37N3O6S/c1-3-27(23-10-12-25(13-11-23)34-17-6-7-18-34)32(38)41-30-15-14-26(20-22(30)2)42(39,40)35-28-9-5-4-8-24(28)21-29(35)31(37)33-16-19-36/h4-5,8-15,20,27,29,36H,3,6-7,16-19,21H2,1-2H3,(H,33,37). The van der Waals surface area contributed by atoms with Crippen LogP contribution in [0.4, 0.5) is 11.4 Å². The van der Waals surface area contributed by atoms with Crippen molar-refractivity contribution in [1.29, 1.82) is 0 Å². The van der Waals surface area contributed by atoms with E-state index in [1.54, 1.807) is 31.2 Å². The fourth-order valence-electron chi connectivity index (χ4n) is 5.77. The van der Waals surface area contributed by atoms with Crippen molar-refractivity contribution in [3.63, 3.8) is 0 Å². The first kappa shape index (κ1) is 29.6. The number of benzene rings is 3. The van der Waals surface area contributed by atoms with Crippen molar-refractivity contribution in [2.45, 2.75) is 56.4 Å². The molecule has 1 fully saturated rings. The van der Waals surface area contributed by atoms with Gasteiger partial charge in [-0.2, -0.15) is 0 Å². The van der Waals surface area contributed by atoms with Crippen LogP contribution in [-0.4, -0.2) is 57.7 Å². The van der Waals surface area contributed by atoms with Gasteiger partial charge in [0.1, 0.15) is 11.8 Å². The van der Waals surface area contributed by atoms with Gasteiger partial charge in [-0.25, -0.2) is 8.42 Å². The topological polar surface area (TPSA) is 116 Å². The van der Waals surface area contributed by atoms with E-state index in [0.717, 1.165) is 34.2 Å². The molecule has 2 aliphatic rings. The summed E-state index contributed by atoms with van der Waals surface area (Å²) in [5.74, 6) is -1.06. The summed E-state index contributed by atoms with van der Waals surface area (Å²) in [4.78, 5) is 28.5. The lowest BCUT2D eigenvalue weighted by atomic mass is 9.96. The number of ether oxygens (including phenoxy) is 1. The second-order valence-corrected chi connectivity index (χ2v) is 12.6. The normalized spacial score (nSPS) is 17.2. The van der Waals surface area contributed by atoms with Crippen LogP contribution in [0.5, 0.6) is 5.75 Å². The minimum Gasteiger partial charge on any atom is -0.426 e. The van der Waals surface area contributed by atoms with Gasteiger partial charge in [0.2, 0.25) is 5.91 Å². The number of hydrogen-bond donors (Lipinski definition) is 2. The van der Waals surface area contributed by atoms with Crippen molar-refractivity contribution < 1.29 is 27.9 Å². The lowest BCUT2D eigenvalue weighted by molar-refractivity contribution is -0.136. The number of carbonyl (C=O) groups excluding carboxylic acids is 2. The van der Waals surface area contributed by atoms with Crippen LogP contribution in [0.1, 0.15) is 48.8 Å². The predicted molar refractivity (Wildman–Crippen MR) is 161 cm³/mol. The highest BCUT2D eigenvalue weighted by atomic mass is 32.2. The molecule has 5 rings (SSSR count). The number of aliphatic hydroxyl groups excluding tert-OH is 1. The average molecular weight is 592 g/mol. The van der Waals surface area contributed by atoms with E-state index in [1.165, 1.54) is 31.0 Å². The molecule has 9 nitrogen and oxygen atoms in total. The smallest absolute Gasteiger partial charge is 0.318 e. The van der Waals surface area contributed by atoms with Gasteiger partial charge in [0.15, 0.2) is 0 Å². The van der Waals surface area contributed by atoms with E-state index >= 15 is 0 Å². The highest BCUT2D eigenvalue weighted by molar-refractivity contribution is 7.93. The Hall–Kier alpha value is -3.89. The van der Waals surface area contributed by atoms with Gasteiger partial charge in [-0.1, -0.05) is 37.3 Å². The number of hydrogen-bond acceptors (Lipinski definition) is 7. The zero-order valence-corrected chi connectivity index (χ0v) is 24.8. The maximum atomic E-state index is 13.9. The third kappa shape index (κ3) is 5.87. The third-order valence-corrected chi connectivity index (χ3v) is 9.83. The molecule has 2 aliphatic heterocycles. The van der Waals surface area contributed by atoms with Crippen molar-refractivity contribution in [1.82, 2.24) is 5.32 Å². The SMILES string of the molecule is CCC(C(=O)Oc1ccc(S(=O)(=O)N2c3ccccc3CC2C(=O)NCCO)cc1C)c1ccc(N2CCCC2)cc1. The fraction of sp³-hybridized carbons (Fsp3) is 0.375. The summed E-state index contributed by atoms with van der Waals surface area (Å²) in [6, 6.07) is 18.4. The molecule has 3 aromatic carbocycles. The van der Waals surface area contributed by atoms with Gasteiger partial charge >= 0.3 is 5.97 Å². The predicted octanol–water partition coefficient (Wildman–Crippen LogP) is 3.92. The summed E-state index contributed by atoms with van der Waals surface area (Å²) < 4.78 is 34.8. The number of fused-ring (bicyclic) bond motifs is 1. The van der Waals surface area contributed by atoms with E-state index in [-0.39, 0.29) is 30.2 Å². The quantitative estimate of drug-likeness (QED) is 0.271. The first-order chi connectivity index (χ1) is 20.2. The van der Waals surface area contributed by atoms with Gasteiger partial charge in [-0.15, -0.1) is 0 Å². The van der Waals surface area contributed by atoms with Crippen LogP contribution in [0, 0.1) is 6.92 Å². The van der Waals surface area contributed by atoms with Crippen LogP contribution in [0.3, 0.4) is 0 Å². The molecular formula is C32H37N3O6S. The summed E-state index contributed by atoms with van der Waals surface area (Å²) in [6.07, 6.45) is 3.16. The summed E-state index contributed by atoms with van der Waals surface area (Å²) in [7, 11) is -4.15. The van der Waals surface area contributed by atoms with Crippen LogP contribution in [0.25, 0.3) is 0 Å². The number of aryl methyl sites for hydroxylation is 1. The Balaban J connectivity index is 1.35. The third-order valence-electron chi connectivity index (χ3n) is 8.01.